The second kappa shape index (κ2) is 4.30. The van der Waals surface area contributed by atoms with E-state index in [0.29, 0.717) is 12.2 Å². The largest absolute Gasteiger partial charge is 0.216 e. The van der Waals surface area contributed by atoms with E-state index in [4.69, 9.17) is 0 Å². The molecule has 1 heteroatoms. The van der Waals surface area contributed by atoms with Crippen molar-refractivity contribution < 1.29 is 4.39 Å². The monoisotopic (exact) mass is 128 g/mol. The molecule has 0 N–H and O–H groups in total. The predicted molar refractivity (Wildman–Crippen MR) is 38.8 cm³/mol. The molecular formula is C8H13F. The fraction of sp³-hybridized carbons (Fsp3) is 0.500. The first kappa shape index (κ1) is 8.41. The molecule has 0 bridgehead atoms. The molecule has 2 unspecified atom stereocenters. The maximum Gasteiger partial charge on any atom is 0.0829 e. The van der Waals surface area contributed by atoms with Crippen molar-refractivity contribution >= 4 is 0 Å². The van der Waals surface area contributed by atoms with Crippen molar-refractivity contribution in [1.29, 1.82) is 0 Å². The third-order valence-corrected chi connectivity index (χ3v) is 1.58. The third kappa shape index (κ3) is 3.07. The highest BCUT2D eigenvalue weighted by Crippen LogP contribution is 2.12. The highest BCUT2D eigenvalue weighted by Gasteiger charge is 2.02. The Hall–Kier alpha value is -0.590. The van der Waals surface area contributed by atoms with Crippen molar-refractivity contribution in [2.45, 2.75) is 13.8 Å². The molecule has 0 spiro atoms. The summed E-state index contributed by atoms with van der Waals surface area (Å²) in [4.78, 5) is 0. The molecule has 0 aliphatic rings. The normalized spacial score (nSPS) is 17.7. The summed E-state index contributed by atoms with van der Waals surface area (Å²) in [5, 5.41) is 0. The molecule has 2 atom stereocenters. The highest BCUT2D eigenvalue weighted by atomic mass is 19.1. The quantitative estimate of drug-likeness (QED) is 0.512. The van der Waals surface area contributed by atoms with Gasteiger partial charge >= 0.3 is 0 Å². The van der Waals surface area contributed by atoms with Crippen LogP contribution in [0.2, 0.25) is 0 Å². The van der Waals surface area contributed by atoms with Gasteiger partial charge in [0, 0.05) is 0 Å². The molecule has 0 fully saturated rings. The fourth-order valence-electron chi connectivity index (χ4n) is 0.505. The maximum absolute atomic E-state index is 11.5. The molecule has 0 nitrogen and oxygen atoms in total. The van der Waals surface area contributed by atoms with Gasteiger partial charge in [-0.1, -0.05) is 26.0 Å². The number of allylic oxidation sites excluding steroid dienone is 2. The summed E-state index contributed by atoms with van der Waals surface area (Å²) < 4.78 is 11.5. The van der Waals surface area contributed by atoms with E-state index < -0.39 is 0 Å². The Kier molecular flexibility index (Phi) is 4.02. The number of hydrogen-bond acceptors (Lipinski definition) is 0. The van der Waals surface area contributed by atoms with E-state index in [1.54, 1.807) is 0 Å². The minimum atomic E-state index is 0.257. The fourth-order valence-corrected chi connectivity index (χ4v) is 0.505. The molecule has 0 aromatic carbocycles. The maximum atomic E-state index is 11.5. The van der Waals surface area contributed by atoms with E-state index in [1.165, 1.54) is 6.08 Å². The van der Waals surface area contributed by atoms with E-state index in [1.807, 2.05) is 19.9 Å². The lowest BCUT2D eigenvalue weighted by Crippen LogP contribution is -2.00. The zero-order chi connectivity index (χ0) is 7.28. The lowest BCUT2D eigenvalue weighted by atomic mass is 9.97. The Labute approximate surface area is 56.1 Å². The molecule has 9 heavy (non-hydrogen) atoms. The summed E-state index contributed by atoms with van der Waals surface area (Å²) in [7, 11) is 0. The molecule has 0 amide bonds. The van der Waals surface area contributed by atoms with Gasteiger partial charge in [0.15, 0.2) is 0 Å². The zero-order valence-corrected chi connectivity index (χ0v) is 5.97. The van der Waals surface area contributed by atoms with Gasteiger partial charge in [0.2, 0.25) is 0 Å². The molecule has 0 aliphatic heterocycles. The van der Waals surface area contributed by atoms with Crippen molar-refractivity contribution in [2.24, 2.45) is 11.8 Å². The second-order valence-electron chi connectivity index (χ2n) is 2.27. The average molecular weight is 128 g/mol. The molecule has 0 heterocycles. The van der Waals surface area contributed by atoms with Gasteiger partial charge in [-0.15, -0.1) is 6.58 Å². The van der Waals surface area contributed by atoms with Crippen LogP contribution in [0.25, 0.3) is 0 Å². The number of rotatable bonds is 3. The van der Waals surface area contributed by atoms with Crippen LogP contribution in [-0.4, -0.2) is 0 Å². The Balaban J connectivity index is 3.71. The molecule has 0 aromatic heterocycles. The third-order valence-electron chi connectivity index (χ3n) is 1.58. The van der Waals surface area contributed by atoms with Crippen molar-refractivity contribution in [2.75, 3.05) is 0 Å². The Morgan fingerprint density at radius 1 is 1.33 bits per heavy atom. The first-order chi connectivity index (χ1) is 4.22. The van der Waals surface area contributed by atoms with Gasteiger partial charge in [-0.05, 0) is 11.8 Å². The Bertz CT molecular complexity index is 105. The molecule has 0 saturated heterocycles. The van der Waals surface area contributed by atoms with Crippen LogP contribution in [0.15, 0.2) is 25.1 Å². The van der Waals surface area contributed by atoms with Gasteiger partial charge in [0.1, 0.15) is 0 Å². The van der Waals surface area contributed by atoms with Gasteiger partial charge in [-0.3, -0.25) is 0 Å². The van der Waals surface area contributed by atoms with E-state index in [9.17, 15) is 4.39 Å². The highest BCUT2D eigenvalue weighted by molar-refractivity contribution is 4.89. The zero-order valence-electron chi connectivity index (χ0n) is 5.97. The lowest BCUT2D eigenvalue weighted by molar-refractivity contribution is 0.548. The van der Waals surface area contributed by atoms with Crippen molar-refractivity contribution in [1.82, 2.24) is 0 Å². The lowest BCUT2D eigenvalue weighted by Gasteiger charge is -2.09. The van der Waals surface area contributed by atoms with E-state index in [-0.39, 0.29) is 5.92 Å². The predicted octanol–water partition coefficient (Wildman–Crippen LogP) is 2.93. The topological polar surface area (TPSA) is 0 Å². The number of halogens is 1. The minimum Gasteiger partial charge on any atom is -0.216 e. The summed E-state index contributed by atoms with van der Waals surface area (Å²) in [5.41, 5.74) is 0. The SMILES string of the molecule is C=CC(C)C(C)/C=C/F. The molecule has 0 aromatic rings. The van der Waals surface area contributed by atoms with Crippen LogP contribution < -0.4 is 0 Å². The van der Waals surface area contributed by atoms with Crippen LogP contribution in [0.5, 0.6) is 0 Å². The molecule has 0 aliphatic carbocycles. The van der Waals surface area contributed by atoms with Crippen LogP contribution in [0.4, 0.5) is 4.39 Å². The van der Waals surface area contributed by atoms with Gasteiger partial charge in [-0.2, -0.15) is 0 Å². The Morgan fingerprint density at radius 2 is 1.89 bits per heavy atom. The molecule has 0 saturated carbocycles. The molecule has 0 radical (unpaired) electrons. The summed E-state index contributed by atoms with van der Waals surface area (Å²) in [6, 6.07) is 0. The standard InChI is InChI=1S/C8H13F/c1-4-7(2)8(3)5-6-9/h4-8H,1H2,2-3H3/b6-5+. The van der Waals surface area contributed by atoms with Crippen molar-refractivity contribution in [3.8, 4) is 0 Å². The van der Waals surface area contributed by atoms with Gasteiger partial charge < -0.3 is 0 Å². The van der Waals surface area contributed by atoms with Crippen molar-refractivity contribution in [3.05, 3.63) is 25.1 Å². The van der Waals surface area contributed by atoms with Crippen LogP contribution in [0, 0.1) is 11.8 Å². The average Bonchev–Trinajstić information content (AvgIpc) is 1.87. The van der Waals surface area contributed by atoms with Crippen molar-refractivity contribution in [3.63, 3.8) is 0 Å². The smallest absolute Gasteiger partial charge is 0.0829 e. The van der Waals surface area contributed by atoms with Crippen LogP contribution in [0.3, 0.4) is 0 Å². The summed E-state index contributed by atoms with van der Waals surface area (Å²) >= 11 is 0. The number of hydrogen-bond donors (Lipinski definition) is 0. The molecule has 52 valence electrons. The Morgan fingerprint density at radius 3 is 2.22 bits per heavy atom. The van der Waals surface area contributed by atoms with E-state index in [2.05, 4.69) is 6.58 Å². The summed E-state index contributed by atoms with van der Waals surface area (Å²) in [6.07, 6.45) is 3.95. The van der Waals surface area contributed by atoms with Crippen LogP contribution in [-0.2, 0) is 0 Å². The van der Waals surface area contributed by atoms with Crippen LogP contribution >= 0.6 is 0 Å². The first-order valence-corrected chi connectivity index (χ1v) is 3.11. The van der Waals surface area contributed by atoms with Gasteiger partial charge in [0.05, 0.1) is 6.33 Å². The van der Waals surface area contributed by atoms with E-state index >= 15 is 0 Å². The van der Waals surface area contributed by atoms with Crippen LogP contribution in [0.1, 0.15) is 13.8 Å². The van der Waals surface area contributed by atoms with Gasteiger partial charge in [-0.25, -0.2) is 4.39 Å². The summed E-state index contributed by atoms with van der Waals surface area (Å²) in [5.74, 6) is 0.615. The molecular weight excluding hydrogens is 115 g/mol. The first-order valence-electron chi connectivity index (χ1n) is 3.11. The minimum absolute atomic E-state index is 0.257. The van der Waals surface area contributed by atoms with E-state index in [0.717, 1.165) is 0 Å². The summed E-state index contributed by atoms with van der Waals surface area (Å²) in [6.45, 7) is 7.58. The second-order valence-corrected chi connectivity index (χ2v) is 2.27. The van der Waals surface area contributed by atoms with Gasteiger partial charge in [0.25, 0.3) is 0 Å². The molecule has 0 rings (SSSR count).